The van der Waals surface area contributed by atoms with Crippen molar-refractivity contribution in [1.82, 2.24) is 4.90 Å². The van der Waals surface area contributed by atoms with Gasteiger partial charge >= 0.3 is 0 Å². The summed E-state index contributed by atoms with van der Waals surface area (Å²) in [6.45, 7) is 5.65. The molecule has 1 amide bonds. The van der Waals surface area contributed by atoms with Gasteiger partial charge in [0.2, 0.25) is 0 Å². The third-order valence-electron chi connectivity index (χ3n) is 3.37. The van der Waals surface area contributed by atoms with Crippen LogP contribution in [-0.2, 0) is 0 Å². The minimum atomic E-state index is -0.426. The number of hydrogen-bond acceptors (Lipinski definition) is 3. The van der Waals surface area contributed by atoms with Crippen molar-refractivity contribution in [2.24, 2.45) is 0 Å². The molecule has 0 saturated heterocycles. The molecule has 5 heteroatoms. The van der Waals surface area contributed by atoms with Crippen LogP contribution in [0.1, 0.15) is 42.6 Å². The topological polar surface area (TPSA) is 63.5 Å². The number of rotatable bonds is 4. The zero-order valence-corrected chi connectivity index (χ0v) is 11.4. The van der Waals surface area contributed by atoms with Gasteiger partial charge in [-0.1, -0.05) is 0 Å². The van der Waals surface area contributed by atoms with Crippen LogP contribution >= 0.6 is 0 Å². The van der Waals surface area contributed by atoms with Gasteiger partial charge in [-0.05, 0) is 45.7 Å². The lowest BCUT2D eigenvalue weighted by atomic mass is 10.1. The van der Waals surface area contributed by atoms with E-state index >= 15 is 0 Å². The Morgan fingerprint density at radius 1 is 1.42 bits per heavy atom. The number of benzene rings is 1. The van der Waals surface area contributed by atoms with Crippen LogP contribution < -0.4 is 0 Å². The first-order valence-electron chi connectivity index (χ1n) is 6.49. The van der Waals surface area contributed by atoms with E-state index in [1.165, 1.54) is 6.07 Å². The van der Waals surface area contributed by atoms with Gasteiger partial charge in [0.1, 0.15) is 0 Å². The Hall–Kier alpha value is -1.91. The van der Waals surface area contributed by atoms with Crippen molar-refractivity contribution in [3.05, 3.63) is 39.4 Å². The van der Waals surface area contributed by atoms with Crippen molar-refractivity contribution >= 4 is 11.6 Å². The molecular weight excluding hydrogens is 244 g/mol. The summed E-state index contributed by atoms with van der Waals surface area (Å²) in [6.07, 6.45) is 2.10. The maximum atomic E-state index is 12.5. The Morgan fingerprint density at radius 3 is 2.47 bits per heavy atom. The van der Waals surface area contributed by atoms with Crippen LogP contribution in [0.4, 0.5) is 5.69 Å². The molecule has 0 aliphatic heterocycles. The summed E-state index contributed by atoms with van der Waals surface area (Å²) < 4.78 is 0. The molecule has 1 saturated carbocycles. The van der Waals surface area contributed by atoms with E-state index in [0.29, 0.717) is 17.2 Å². The summed E-state index contributed by atoms with van der Waals surface area (Å²) in [5.41, 5.74) is 1.11. The first-order chi connectivity index (χ1) is 8.91. The number of amides is 1. The Bertz CT molecular complexity index is 519. The first-order valence-corrected chi connectivity index (χ1v) is 6.49. The lowest BCUT2D eigenvalue weighted by Gasteiger charge is -2.26. The Morgan fingerprint density at radius 2 is 2.05 bits per heavy atom. The highest BCUT2D eigenvalue weighted by molar-refractivity contribution is 5.95. The summed E-state index contributed by atoms with van der Waals surface area (Å²) in [5, 5.41) is 10.8. The first kappa shape index (κ1) is 13.5. The van der Waals surface area contributed by atoms with E-state index in [1.54, 1.807) is 19.1 Å². The van der Waals surface area contributed by atoms with Gasteiger partial charge in [-0.3, -0.25) is 14.9 Å². The van der Waals surface area contributed by atoms with Gasteiger partial charge in [0, 0.05) is 29.3 Å². The Kier molecular flexibility index (Phi) is 3.55. The molecule has 0 N–H and O–H groups in total. The highest BCUT2D eigenvalue weighted by Gasteiger charge is 2.34. The molecule has 1 fully saturated rings. The maximum Gasteiger partial charge on any atom is 0.272 e. The van der Waals surface area contributed by atoms with Crippen molar-refractivity contribution < 1.29 is 9.72 Å². The molecule has 0 bridgehead atoms. The summed E-state index contributed by atoms with van der Waals surface area (Å²) in [4.78, 5) is 24.7. The quantitative estimate of drug-likeness (QED) is 0.619. The van der Waals surface area contributed by atoms with Crippen molar-refractivity contribution in [2.45, 2.75) is 45.7 Å². The molecule has 1 aliphatic rings. The number of carbonyl (C=O) groups is 1. The third-order valence-corrected chi connectivity index (χ3v) is 3.37. The molecule has 0 radical (unpaired) electrons. The molecular formula is C14H18N2O3. The molecule has 0 aromatic heterocycles. The predicted molar refractivity (Wildman–Crippen MR) is 72.2 cm³/mol. The van der Waals surface area contributed by atoms with E-state index < -0.39 is 4.92 Å². The number of carbonyl (C=O) groups excluding carboxylic acids is 1. The number of nitro benzene ring substituents is 1. The summed E-state index contributed by atoms with van der Waals surface area (Å²) in [5.74, 6) is -0.0319. The van der Waals surface area contributed by atoms with Gasteiger partial charge in [-0.25, -0.2) is 0 Å². The van der Waals surface area contributed by atoms with Crippen molar-refractivity contribution in [3.63, 3.8) is 0 Å². The molecule has 19 heavy (non-hydrogen) atoms. The summed E-state index contributed by atoms with van der Waals surface area (Å²) in [7, 11) is 0. The standard InChI is InChI=1S/C14H18N2O3/c1-9(2)15(12-5-6-12)14(17)11-4-7-13(16(18)19)10(3)8-11/h4,7-9,12H,5-6H2,1-3H3. The SMILES string of the molecule is Cc1cc(C(=O)N(C(C)C)C2CC2)ccc1[N+](=O)[O-]. The van der Waals surface area contributed by atoms with E-state index in [-0.39, 0.29) is 17.6 Å². The zero-order valence-electron chi connectivity index (χ0n) is 11.4. The Labute approximate surface area is 112 Å². The number of hydrogen-bond donors (Lipinski definition) is 0. The van der Waals surface area contributed by atoms with Crippen LogP contribution in [-0.4, -0.2) is 27.8 Å². The molecule has 0 unspecified atom stereocenters. The fraction of sp³-hybridized carbons (Fsp3) is 0.500. The molecule has 0 heterocycles. The van der Waals surface area contributed by atoms with Gasteiger partial charge in [0.25, 0.3) is 11.6 Å². The molecule has 5 nitrogen and oxygen atoms in total. The second-order valence-electron chi connectivity index (χ2n) is 5.30. The fourth-order valence-corrected chi connectivity index (χ4v) is 2.32. The van der Waals surface area contributed by atoms with E-state index in [4.69, 9.17) is 0 Å². The second kappa shape index (κ2) is 4.99. The molecule has 0 spiro atoms. The third kappa shape index (κ3) is 2.75. The van der Waals surface area contributed by atoms with Crippen LogP contribution in [0, 0.1) is 17.0 Å². The van der Waals surface area contributed by atoms with Crippen molar-refractivity contribution in [1.29, 1.82) is 0 Å². The van der Waals surface area contributed by atoms with Crippen LogP contribution in [0.25, 0.3) is 0 Å². The lowest BCUT2D eigenvalue weighted by Crippen LogP contribution is -2.38. The molecule has 0 atom stereocenters. The second-order valence-corrected chi connectivity index (χ2v) is 5.30. The minimum absolute atomic E-state index is 0.0319. The number of nitrogens with zero attached hydrogens (tertiary/aromatic N) is 2. The van der Waals surface area contributed by atoms with E-state index in [0.717, 1.165) is 12.8 Å². The van der Waals surface area contributed by atoms with E-state index in [9.17, 15) is 14.9 Å². The Balaban J connectivity index is 2.28. The van der Waals surface area contributed by atoms with E-state index in [1.807, 2.05) is 18.7 Å². The van der Waals surface area contributed by atoms with Crippen LogP contribution in [0.2, 0.25) is 0 Å². The number of nitro groups is 1. The highest BCUT2D eigenvalue weighted by atomic mass is 16.6. The average molecular weight is 262 g/mol. The van der Waals surface area contributed by atoms with Gasteiger partial charge in [-0.15, -0.1) is 0 Å². The molecule has 1 aliphatic carbocycles. The van der Waals surface area contributed by atoms with Crippen LogP contribution in [0.5, 0.6) is 0 Å². The fourth-order valence-electron chi connectivity index (χ4n) is 2.32. The normalized spacial score (nSPS) is 14.5. The van der Waals surface area contributed by atoms with Gasteiger partial charge in [-0.2, -0.15) is 0 Å². The van der Waals surface area contributed by atoms with Crippen LogP contribution in [0.15, 0.2) is 18.2 Å². The van der Waals surface area contributed by atoms with Crippen molar-refractivity contribution in [3.8, 4) is 0 Å². The van der Waals surface area contributed by atoms with Crippen LogP contribution in [0.3, 0.4) is 0 Å². The molecule has 1 aromatic carbocycles. The predicted octanol–water partition coefficient (Wildman–Crippen LogP) is 2.92. The monoisotopic (exact) mass is 262 g/mol. The van der Waals surface area contributed by atoms with Gasteiger partial charge < -0.3 is 4.90 Å². The lowest BCUT2D eigenvalue weighted by molar-refractivity contribution is -0.385. The van der Waals surface area contributed by atoms with E-state index in [2.05, 4.69) is 0 Å². The van der Waals surface area contributed by atoms with Crippen molar-refractivity contribution in [2.75, 3.05) is 0 Å². The minimum Gasteiger partial charge on any atom is -0.333 e. The summed E-state index contributed by atoms with van der Waals surface area (Å²) >= 11 is 0. The highest BCUT2D eigenvalue weighted by Crippen LogP contribution is 2.30. The largest absolute Gasteiger partial charge is 0.333 e. The van der Waals surface area contributed by atoms with Gasteiger partial charge in [0.05, 0.1) is 4.92 Å². The molecule has 102 valence electrons. The maximum absolute atomic E-state index is 12.5. The van der Waals surface area contributed by atoms with Gasteiger partial charge in [0.15, 0.2) is 0 Å². The average Bonchev–Trinajstić information content (AvgIpc) is 3.12. The summed E-state index contributed by atoms with van der Waals surface area (Å²) in [6, 6.07) is 5.05. The molecule has 1 aromatic rings. The smallest absolute Gasteiger partial charge is 0.272 e. The zero-order chi connectivity index (χ0) is 14.2. The number of aryl methyl sites for hydroxylation is 1. The molecule has 2 rings (SSSR count).